The van der Waals surface area contributed by atoms with Crippen LogP contribution in [0, 0.1) is 0 Å². The van der Waals surface area contributed by atoms with Crippen LogP contribution in [0.1, 0.15) is 42.7 Å². The molecule has 1 aromatic carbocycles. The summed E-state index contributed by atoms with van der Waals surface area (Å²) in [6.45, 7) is 2.03. The smallest absolute Gasteiger partial charge is 0.220 e. The summed E-state index contributed by atoms with van der Waals surface area (Å²) in [5.41, 5.74) is 1.15. The second kappa shape index (κ2) is 7.85. The number of benzene rings is 1. The van der Waals surface area contributed by atoms with Crippen LogP contribution in [0.2, 0.25) is 0 Å². The van der Waals surface area contributed by atoms with E-state index in [4.69, 9.17) is 0 Å². The van der Waals surface area contributed by atoms with Gasteiger partial charge in [-0.1, -0.05) is 36.4 Å². The molecule has 0 spiro atoms. The monoisotopic (exact) mass is 287 g/mol. The van der Waals surface area contributed by atoms with E-state index in [0.29, 0.717) is 6.42 Å². The molecule has 2 nitrogen and oxygen atoms in total. The van der Waals surface area contributed by atoms with Gasteiger partial charge in [0.15, 0.2) is 0 Å². The molecule has 0 aliphatic rings. The van der Waals surface area contributed by atoms with Crippen molar-refractivity contribution in [2.75, 3.05) is 0 Å². The molecule has 0 saturated carbocycles. The minimum atomic E-state index is 0.0843. The van der Waals surface area contributed by atoms with Crippen LogP contribution in [0.5, 0.6) is 0 Å². The van der Waals surface area contributed by atoms with Crippen LogP contribution in [0.15, 0.2) is 47.8 Å². The normalized spacial score (nSPS) is 12.1. The van der Waals surface area contributed by atoms with Gasteiger partial charge >= 0.3 is 0 Å². The van der Waals surface area contributed by atoms with Crippen molar-refractivity contribution in [3.8, 4) is 0 Å². The standard InChI is InChI=1S/C17H21NOS/c1-14(15-8-3-2-4-9-15)18-17(19)12-6-5-10-16-11-7-13-20-16/h2-4,7-9,11,13-14H,5-6,10,12H2,1H3,(H,18,19). The number of hydrogen-bond acceptors (Lipinski definition) is 2. The van der Waals surface area contributed by atoms with Gasteiger partial charge in [0.25, 0.3) is 0 Å². The fourth-order valence-corrected chi connectivity index (χ4v) is 2.93. The number of rotatable bonds is 7. The predicted octanol–water partition coefficient (Wildman–Crippen LogP) is 4.34. The van der Waals surface area contributed by atoms with Crippen molar-refractivity contribution in [2.24, 2.45) is 0 Å². The van der Waals surface area contributed by atoms with Gasteiger partial charge in [-0.25, -0.2) is 0 Å². The lowest BCUT2D eigenvalue weighted by Gasteiger charge is -2.14. The molecule has 20 heavy (non-hydrogen) atoms. The molecular weight excluding hydrogens is 266 g/mol. The van der Waals surface area contributed by atoms with E-state index in [1.54, 1.807) is 11.3 Å². The van der Waals surface area contributed by atoms with Crippen molar-refractivity contribution in [1.29, 1.82) is 0 Å². The maximum Gasteiger partial charge on any atom is 0.220 e. The third-order valence-electron chi connectivity index (χ3n) is 3.33. The highest BCUT2D eigenvalue weighted by molar-refractivity contribution is 7.09. The zero-order valence-corrected chi connectivity index (χ0v) is 12.7. The Balaban J connectivity index is 1.65. The summed E-state index contributed by atoms with van der Waals surface area (Å²) in [6.07, 6.45) is 3.72. The SMILES string of the molecule is CC(NC(=O)CCCCc1cccs1)c1ccccc1. The number of carbonyl (C=O) groups excluding carboxylic acids is 1. The number of amides is 1. The summed E-state index contributed by atoms with van der Waals surface area (Å²) in [6, 6.07) is 14.4. The molecule has 1 heterocycles. The van der Waals surface area contributed by atoms with Gasteiger partial charge in [0, 0.05) is 11.3 Å². The predicted molar refractivity (Wildman–Crippen MR) is 84.9 cm³/mol. The van der Waals surface area contributed by atoms with Crippen LogP contribution in [0.25, 0.3) is 0 Å². The Hall–Kier alpha value is -1.61. The average molecular weight is 287 g/mol. The van der Waals surface area contributed by atoms with E-state index in [0.717, 1.165) is 24.8 Å². The van der Waals surface area contributed by atoms with Crippen molar-refractivity contribution in [2.45, 2.75) is 38.6 Å². The van der Waals surface area contributed by atoms with Gasteiger partial charge in [0.2, 0.25) is 5.91 Å². The number of carbonyl (C=O) groups is 1. The van der Waals surface area contributed by atoms with Gasteiger partial charge in [-0.2, -0.15) is 0 Å². The third kappa shape index (κ3) is 4.82. The van der Waals surface area contributed by atoms with E-state index in [1.807, 2.05) is 37.3 Å². The van der Waals surface area contributed by atoms with Crippen LogP contribution < -0.4 is 5.32 Å². The van der Waals surface area contributed by atoms with Crippen LogP contribution in [-0.4, -0.2) is 5.91 Å². The summed E-state index contributed by atoms with van der Waals surface area (Å²) >= 11 is 1.79. The van der Waals surface area contributed by atoms with Crippen molar-refractivity contribution in [3.05, 3.63) is 58.3 Å². The Morgan fingerprint density at radius 3 is 2.65 bits per heavy atom. The van der Waals surface area contributed by atoms with Gasteiger partial charge < -0.3 is 5.32 Å². The zero-order valence-electron chi connectivity index (χ0n) is 11.8. The summed E-state index contributed by atoms with van der Waals surface area (Å²) in [7, 11) is 0. The molecule has 1 unspecified atom stereocenters. The van der Waals surface area contributed by atoms with Crippen molar-refractivity contribution < 1.29 is 4.79 Å². The molecule has 1 N–H and O–H groups in total. The van der Waals surface area contributed by atoms with Crippen LogP contribution in [0.4, 0.5) is 0 Å². The van der Waals surface area contributed by atoms with Crippen molar-refractivity contribution in [1.82, 2.24) is 5.32 Å². The average Bonchev–Trinajstić information content (AvgIpc) is 2.98. The molecule has 106 valence electrons. The van der Waals surface area contributed by atoms with Gasteiger partial charge in [-0.05, 0) is 43.2 Å². The molecule has 0 bridgehead atoms. The lowest BCUT2D eigenvalue weighted by Crippen LogP contribution is -2.26. The molecule has 1 atom stereocenters. The largest absolute Gasteiger partial charge is 0.350 e. The van der Waals surface area contributed by atoms with E-state index >= 15 is 0 Å². The van der Waals surface area contributed by atoms with Crippen LogP contribution in [-0.2, 0) is 11.2 Å². The quantitative estimate of drug-likeness (QED) is 0.754. The fourth-order valence-electron chi connectivity index (χ4n) is 2.18. The third-order valence-corrected chi connectivity index (χ3v) is 4.27. The van der Waals surface area contributed by atoms with Crippen molar-refractivity contribution in [3.63, 3.8) is 0 Å². The van der Waals surface area contributed by atoms with Crippen molar-refractivity contribution >= 4 is 17.2 Å². The highest BCUT2D eigenvalue weighted by Gasteiger charge is 2.08. The number of aryl methyl sites for hydroxylation is 1. The first kappa shape index (κ1) is 14.8. The highest BCUT2D eigenvalue weighted by Crippen LogP contribution is 2.14. The minimum absolute atomic E-state index is 0.0843. The fraction of sp³-hybridized carbons (Fsp3) is 0.353. The van der Waals surface area contributed by atoms with E-state index in [1.165, 1.54) is 4.88 Å². The molecule has 0 aliphatic heterocycles. The first-order chi connectivity index (χ1) is 9.75. The zero-order chi connectivity index (χ0) is 14.2. The van der Waals surface area contributed by atoms with E-state index in [9.17, 15) is 4.79 Å². The maximum absolute atomic E-state index is 11.9. The Kier molecular flexibility index (Phi) is 5.81. The number of unbranched alkanes of at least 4 members (excludes halogenated alkanes) is 1. The lowest BCUT2D eigenvalue weighted by atomic mass is 10.1. The summed E-state index contributed by atoms with van der Waals surface area (Å²) in [5, 5.41) is 5.15. The number of thiophene rings is 1. The molecular formula is C17H21NOS. The van der Waals surface area contributed by atoms with Gasteiger partial charge in [0.1, 0.15) is 0 Å². The molecule has 0 radical (unpaired) electrons. The molecule has 0 saturated heterocycles. The van der Waals surface area contributed by atoms with Gasteiger partial charge in [-0.15, -0.1) is 11.3 Å². The molecule has 1 aromatic heterocycles. The van der Waals surface area contributed by atoms with Gasteiger partial charge in [-0.3, -0.25) is 4.79 Å². The highest BCUT2D eigenvalue weighted by atomic mass is 32.1. The summed E-state index contributed by atoms with van der Waals surface area (Å²) in [4.78, 5) is 13.3. The number of nitrogens with one attached hydrogen (secondary N) is 1. The Morgan fingerprint density at radius 2 is 1.95 bits per heavy atom. The van der Waals surface area contributed by atoms with E-state index in [2.05, 4.69) is 22.8 Å². The Labute approximate surface area is 124 Å². The molecule has 0 fully saturated rings. The molecule has 2 rings (SSSR count). The minimum Gasteiger partial charge on any atom is -0.350 e. The summed E-state index contributed by atoms with van der Waals surface area (Å²) < 4.78 is 0. The second-order valence-corrected chi connectivity index (χ2v) is 6.02. The summed E-state index contributed by atoms with van der Waals surface area (Å²) in [5.74, 6) is 0.146. The molecule has 2 aromatic rings. The van der Waals surface area contributed by atoms with E-state index < -0.39 is 0 Å². The first-order valence-corrected chi connectivity index (χ1v) is 8.00. The second-order valence-electron chi connectivity index (χ2n) is 4.99. The van der Waals surface area contributed by atoms with E-state index in [-0.39, 0.29) is 11.9 Å². The molecule has 1 amide bonds. The van der Waals surface area contributed by atoms with Crippen LogP contribution >= 0.6 is 11.3 Å². The Morgan fingerprint density at radius 1 is 1.15 bits per heavy atom. The topological polar surface area (TPSA) is 29.1 Å². The molecule has 3 heteroatoms. The first-order valence-electron chi connectivity index (χ1n) is 7.12. The molecule has 0 aliphatic carbocycles. The Bertz CT molecular complexity index is 507. The van der Waals surface area contributed by atoms with Crippen LogP contribution in [0.3, 0.4) is 0 Å². The maximum atomic E-state index is 11.9. The van der Waals surface area contributed by atoms with Gasteiger partial charge in [0.05, 0.1) is 6.04 Å². The lowest BCUT2D eigenvalue weighted by molar-refractivity contribution is -0.121. The number of hydrogen-bond donors (Lipinski definition) is 1.